The van der Waals surface area contributed by atoms with Crippen LogP contribution in [0.1, 0.15) is 22.8 Å². The number of rotatable bonds is 4. The van der Waals surface area contributed by atoms with Crippen LogP contribution in [0.2, 0.25) is 0 Å². The summed E-state index contributed by atoms with van der Waals surface area (Å²) in [4.78, 5) is 51.4. The summed E-state index contributed by atoms with van der Waals surface area (Å²) in [5.41, 5.74) is 0.523. The van der Waals surface area contributed by atoms with Crippen LogP contribution in [0, 0.1) is 0 Å². The molecule has 8 heteroatoms. The number of urea groups is 1. The van der Waals surface area contributed by atoms with Crippen molar-refractivity contribution in [3.63, 3.8) is 0 Å². The molecule has 3 aromatic rings. The van der Waals surface area contributed by atoms with Crippen molar-refractivity contribution in [1.82, 2.24) is 15.6 Å². The third-order valence-corrected chi connectivity index (χ3v) is 4.98. The third-order valence-electron chi connectivity index (χ3n) is 4.98. The van der Waals surface area contributed by atoms with Gasteiger partial charge in [0.1, 0.15) is 11.1 Å². The number of H-pyrrole nitrogens is 1. The SMILES string of the molecule is CC1(c2cccc(NC(=O)c3ccc(-c4ccccc4)[nH]c3=O)c2)NC(=O)NC1=O. The van der Waals surface area contributed by atoms with Gasteiger partial charge in [0.05, 0.1) is 0 Å². The quantitative estimate of drug-likeness (QED) is 0.501. The topological polar surface area (TPSA) is 120 Å². The van der Waals surface area contributed by atoms with E-state index in [0.29, 0.717) is 16.9 Å². The van der Waals surface area contributed by atoms with Crippen molar-refractivity contribution in [2.45, 2.75) is 12.5 Å². The van der Waals surface area contributed by atoms with E-state index in [1.165, 1.54) is 6.07 Å². The highest BCUT2D eigenvalue weighted by Crippen LogP contribution is 2.26. The first kappa shape index (κ1) is 19.1. The van der Waals surface area contributed by atoms with E-state index in [4.69, 9.17) is 0 Å². The van der Waals surface area contributed by atoms with E-state index in [1.54, 1.807) is 37.3 Å². The highest BCUT2D eigenvalue weighted by molar-refractivity contribution is 6.07. The molecule has 4 rings (SSSR count). The number of anilines is 1. The van der Waals surface area contributed by atoms with Crippen LogP contribution < -0.4 is 21.5 Å². The van der Waals surface area contributed by atoms with Gasteiger partial charge in [0.2, 0.25) is 0 Å². The molecule has 8 nitrogen and oxygen atoms in total. The molecule has 0 spiro atoms. The van der Waals surface area contributed by atoms with Crippen LogP contribution >= 0.6 is 0 Å². The number of pyridine rings is 1. The van der Waals surface area contributed by atoms with Gasteiger partial charge in [0, 0.05) is 11.4 Å². The number of benzene rings is 2. The fraction of sp³-hybridized carbons (Fsp3) is 0.0909. The van der Waals surface area contributed by atoms with Gasteiger partial charge in [-0.1, -0.05) is 42.5 Å². The van der Waals surface area contributed by atoms with Gasteiger partial charge >= 0.3 is 6.03 Å². The lowest BCUT2D eigenvalue weighted by Crippen LogP contribution is -2.40. The van der Waals surface area contributed by atoms with Crippen LogP contribution in [0.3, 0.4) is 0 Å². The Hall–Kier alpha value is -4.20. The number of imide groups is 1. The highest BCUT2D eigenvalue weighted by Gasteiger charge is 2.43. The van der Waals surface area contributed by atoms with Gasteiger partial charge in [-0.05, 0) is 42.3 Å². The maximum Gasteiger partial charge on any atom is 0.322 e. The van der Waals surface area contributed by atoms with Gasteiger partial charge in [-0.3, -0.25) is 19.7 Å². The van der Waals surface area contributed by atoms with Gasteiger partial charge in [0.15, 0.2) is 0 Å². The maximum absolute atomic E-state index is 12.6. The molecule has 4 amide bonds. The van der Waals surface area contributed by atoms with Gasteiger partial charge in [-0.2, -0.15) is 0 Å². The Kier molecular flexibility index (Phi) is 4.67. The second-order valence-electron chi connectivity index (χ2n) is 7.05. The average Bonchev–Trinajstić information content (AvgIpc) is 3.01. The molecule has 0 aliphatic carbocycles. The Bertz CT molecular complexity index is 1220. The van der Waals surface area contributed by atoms with Gasteiger partial charge in [-0.15, -0.1) is 0 Å². The molecule has 150 valence electrons. The van der Waals surface area contributed by atoms with E-state index in [0.717, 1.165) is 5.56 Å². The average molecular weight is 402 g/mol. The molecule has 1 aromatic heterocycles. The normalized spacial score (nSPS) is 17.9. The molecule has 0 saturated carbocycles. The molecule has 30 heavy (non-hydrogen) atoms. The van der Waals surface area contributed by atoms with Gasteiger partial charge in [0.25, 0.3) is 17.4 Å². The van der Waals surface area contributed by atoms with Crippen LogP contribution in [0.25, 0.3) is 11.3 Å². The Balaban J connectivity index is 1.57. The summed E-state index contributed by atoms with van der Waals surface area (Å²) in [5.74, 6) is -1.07. The van der Waals surface area contributed by atoms with Crippen molar-refractivity contribution in [1.29, 1.82) is 0 Å². The minimum Gasteiger partial charge on any atom is -0.322 e. The van der Waals surface area contributed by atoms with Crippen molar-refractivity contribution < 1.29 is 14.4 Å². The van der Waals surface area contributed by atoms with E-state index in [-0.39, 0.29) is 5.56 Å². The summed E-state index contributed by atoms with van der Waals surface area (Å²) >= 11 is 0. The van der Waals surface area contributed by atoms with E-state index in [2.05, 4.69) is 20.9 Å². The molecule has 2 heterocycles. The lowest BCUT2D eigenvalue weighted by molar-refractivity contribution is -0.123. The van der Waals surface area contributed by atoms with Crippen LogP contribution in [-0.4, -0.2) is 22.8 Å². The monoisotopic (exact) mass is 402 g/mol. The number of amides is 4. The molecular weight excluding hydrogens is 384 g/mol. The maximum atomic E-state index is 12.6. The summed E-state index contributed by atoms with van der Waals surface area (Å²) in [5, 5.41) is 7.43. The number of nitrogens with one attached hydrogen (secondary N) is 4. The number of aromatic amines is 1. The zero-order valence-electron chi connectivity index (χ0n) is 16.0. The predicted octanol–water partition coefficient (Wildman–Crippen LogP) is 2.35. The van der Waals surface area contributed by atoms with E-state index in [1.807, 2.05) is 30.3 Å². The fourth-order valence-corrected chi connectivity index (χ4v) is 3.29. The molecule has 1 atom stereocenters. The molecular formula is C22H18N4O4. The Morgan fingerprint density at radius 3 is 2.37 bits per heavy atom. The Labute approximate surface area is 171 Å². The number of hydrogen-bond donors (Lipinski definition) is 4. The third kappa shape index (κ3) is 3.46. The lowest BCUT2D eigenvalue weighted by atomic mass is 9.92. The standard InChI is InChI=1S/C22H18N4O4/c1-22(20(29)25-21(30)26-22)14-8-5-9-15(12-14)23-18(27)16-10-11-17(24-19(16)28)13-6-3-2-4-7-13/h2-12H,1H3,(H,23,27)(H,24,28)(H2,25,26,29,30). The summed E-state index contributed by atoms with van der Waals surface area (Å²) in [7, 11) is 0. The van der Waals surface area contributed by atoms with Crippen molar-refractivity contribution in [3.05, 3.63) is 88.2 Å². The first-order valence-electron chi connectivity index (χ1n) is 9.21. The fourth-order valence-electron chi connectivity index (χ4n) is 3.29. The molecule has 1 aliphatic heterocycles. The number of carbonyl (C=O) groups is 3. The minimum absolute atomic E-state index is 0.0433. The smallest absolute Gasteiger partial charge is 0.322 e. The van der Waals surface area contributed by atoms with Crippen LogP contribution in [-0.2, 0) is 10.3 Å². The Morgan fingerprint density at radius 1 is 0.933 bits per heavy atom. The molecule has 2 aromatic carbocycles. The first-order chi connectivity index (χ1) is 14.4. The van der Waals surface area contributed by atoms with E-state index < -0.39 is 28.9 Å². The van der Waals surface area contributed by atoms with Crippen LogP contribution in [0.15, 0.2) is 71.5 Å². The second-order valence-corrected chi connectivity index (χ2v) is 7.05. The predicted molar refractivity (Wildman–Crippen MR) is 111 cm³/mol. The molecule has 1 fully saturated rings. The molecule has 1 unspecified atom stereocenters. The van der Waals surface area contributed by atoms with Crippen molar-refractivity contribution in [2.24, 2.45) is 0 Å². The van der Waals surface area contributed by atoms with Crippen molar-refractivity contribution in [2.75, 3.05) is 5.32 Å². The van der Waals surface area contributed by atoms with E-state index >= 15 is 0 Å². The second kappa shape index (κ2) is 7.32. The lowest BCUT2D eigenvalue weighted by Gasteiger charge is -2.21. The molecule has 4 N–H and O–H groups in total. The molecule has 0 bridgehead atoms. The summed E-state index contributed by atoms with van der Waals surface area (Å²) in [6.07, 6.45) is 0. The summed E-state index contributed by atoms with van der Waals surface area (Å²) < 4.78 is 0. The van der Waals surface area contributed by atoms with Crippen molar-refractivity contribution in [3.8, 4) is 11.3 Å². The first-order valence-corrected chi connectivity index (χ1v) is 9.21. The van der Waals surface area contributed by atoms with Crippen LogP contribution in [0.5, 0.6) is 0 Å². The molecule has 1 aliphatic rings. The van der Waals surface area contributed by atoms with Crippen LogP contribution in [0.4, 0.5) is 10.5 Å². The number of hydrogen-bond acceptors (Lipinski definition) is 4. The minimum atomic E-state index is -1.24. The van der Waals surface area contributed by atoms with Gasteiger partial charge < -0.3 is 15.6 Å². The van der Waals surface area contributed by atoms with Crippen molar-refractivity contribution >= 4 is 23.5 Å². The molecule has 0 radical (unpaired) electrons. The Morgan fingerprint density at radius 2 is 1.70 bits per heavy atom. The number of carbonyl (C=O) groups excluding carboxylic acids is 3. The summed E-state index contributed by atoms with van der Waals surface area (Å²) in [6, 6.07) is 18.4. The highest BCUT2D eigenvalue weighted by atomic mass is 16.2. The molecule has 1 saturated heterocycles. The summed E-state index contributed by atoms with van der Waals surface area (Å²) in [6.45, 7) is 1.57. The largest absolute Gasteiger partial charge is 0.322 e. The zero-order chi connectivity index (χ0) is 21.3. The zero-order valence-corrected chi connectivity index (χ0v) is 16.0. The van der Waals surface area contributed by atoms with Gasteiger partial charge in [-0.25, -0.2) is 4.79 Å². The van der Waals surface area contributed by atoms with E-state index in [9.17, 15) is 19.2 Å². The number of aromatic nitrogens is 1.